The van der Waals surface area contributed by atoms with Gasteiger partial charge in [-0.15, -0.1) is 0 Å². The summed E-state index contributed by atoms with van der Waals surface area (Å²) in [4.78, 5) is 10.6. The van der Waals surface area contributed by atoms with Crippen molar-refractivity contribution < 1.29 is 4.92 Å². The van der Waals surface area contributed by atoms with E-state index in [-0.39, 0.29) is 10.6 Å². The molecule has 1 aromatic carbocycles. The third-order valence-corrected chi connectivity index (χ3v) is 4.42. The van der Waals surface area contributed by atoms with Crippen LogP contribution in [0.1, 0.15) is 44.6 Å². The molecule has 0 saturated heterocycles. The van der Waals surface area contributed by atoms with E-state index in [0.717, 1.165) is 30.5 Å². The number of nitro groups is 1. The second-order valence-electron chi connectivity index (χ2n) is 6.10. The summed E-state index contributed by atoms with van der Waals surface area (Å²) in [6.07, 6.45) is 6.52. The number of nitro benzene ring substituents is 1. The zero-order chi connectivity index (χ0) is 14.5. The van der Waals surface area contributed by atoms with Crippen LogP contribution in [0, 0.1) is 28.9 Å². The van der Waals surface area contributed by atoms with Gasteiger partial charge in [-0.25, -0.2) is 0 Å². The smallest absolute Gasteiger partial charge is 0.274 e. The second-order valence-corrected chi connectivity index (χ2v) is 6.10. The molecule has 110 valence electrons. The van der Waals surface area contributed by atoms with Gasteiger partial charge < -0.3 is 5.32 Å². The largest absolute Gasteiger partial charge is 0.385 e. The molecule has 1 N–H and O–H groups in total. The predicted octanol–water partition coefficient (Wildman–Crippen LogP) is 4.53. The molecule has 1 fully saturated rings. The maximum Gasteiger partial charge on any atom is 0.274 e. The molecule has 0 bridgehead atoms. The molecule has 1 aliphatic rings. The summed E-state index contributed by atoms with van der Waals surface area (Å²) >= 11 is 0. The van der Waals surface area contributed by atoms with E-state index < -0.39 is 0 Å². The minimum atomic E-state index is -0.316. The lowest BCUT2D eigenvalue weighted by atomic mass is 9.81. The summed E-state index contributed by atoms with van der Waals surface area (Å²) in [5, 5.41) is 14.2. The van der Waals surface area contributed by atoms with Crippen molar-refractivity contribution in [3.8, 4) is 0 Å². The van der Waals surface area contributed by atoms with E-state index in [0.29, 0.717) is 5.56 Å². The van der Waals surface area contributed by atoms with Crippen molar-refractivity contribution >= 4 is 11.4 Å². The highest BCUT2D eigenvalue weighted by molar-refractivity contribution is 5.54. The van der Waals surface area contributed by atoms with Gasteiger partial charge in [0.2, 0.25) is 0 Å². The summed E-state index contributed by atoms with van der Waals surface area (Å²) in [6, 6.07) is 5.37. The van der Waals surface area contributed by atoms with E-state index in [4.69, 9.17) is 0 Å². The van der Waals surface area contributed by atoms with Crippen molar-refractivity contribution in [2.24, 2.45) is 11.8 Å². The zero-order valence-electron chi connectivity index (χ0n) is 12.4. The lowest BCUT2D eigenvalue weighted by Crippen LogP contribution is -2.15. The Balaban J connectivity index is 1.82. The van der Waals surface area contributed by atoms with Crippen LogP contribution in [0.4, 0.5) is 11.4 Å². The summed E-state index contributed by atoms with van der Waals surface area (Å²) in [5.74, 6) is 1.71. The van der Waals surface area contributed by atoms with Gasteiger partial charge in [0.25, 0.3) is 5.69 Å². The molecule has 20 heavy (non-hydrogen) atoms. The molecule has 0 atom stereocenters. The molecule has 1 aromatic rings. The van der Waals surface area contributed by atoms with E-state index in [1.54, 1.807) is 13.0 Å². The predicted molar refractivity (Wildman–Crippen MR) is 82.1 cm³/mol. The summed E-state index contributed by atoms with van der Waals surface area (Å²) in [7, 11) is 0. The molecule has 0 amide bonds. The normalized spacial score (nSPS) is 22.5. The van der Waals surface area contributed by atoms with Crippen LogP contribution < -0.4 is 5.32 Å². The fourth-order valence-electron chi connectivity index (χ4n) is 2.95. The Labute approximate surface area is 120 Å². The number of nitrogens with one attached hydrogen (secondary N) is 1. The first-order chi connectivity index (χ1) is 9.56. The molecule has 4 heteroatoms. The molecular weight excluding hydrogens is 252 g/mol. The number of nitrogens with zero attached hydrogens (tertiary/aromatic N) is 1. The first kappa shape index (κ1) is 14.8. The van der Waals surface area contributed by atoms with Gasteiger partial charge in [0.1, 0.15) is 0 Å². The maximum atomic E-state index is 10.9. The molecule has 0 spiro atoms. The Bertz CT molecular complexity index is 466. The van der Waals surface area contributed by atoms with E-state index in [2.05, 4.69) is 12.2 Å². The van der Waals surface area contributed by atoms with E-state index in [1.807, 2.05) is 12.1 Å². The first-order valence-corrected chi connectivity index (χ1v) is 7.55. The molecule has 4 nitrogen and oxygen atoms in total. The Morgan fingerprint density at radius 1 is 1.30 bits per heavy atom. The van der Waals surface area contributed by atoms with Crippen molar-refractivity contribution in [1.82, 2.24) is 0 Å². The number of aryl methyl sites for hydroxylation is 1. The molecule has 0 heterocycles. The van der Waals surface area contributed by atoms with Crippen LogP contribution in [0.3, 0.4) is 0 Å². The van der Waals surface area contributed by atoms with Crippen LogP contribution >= 0.6 is 0 Å². The highest BCUT2D eigenvalue weighted by atomic mass is 16.6. The fourth-order valence-corrected chi connectivity index (χ4v) is 2.95. The molecule has 1 saturated carbocycles. The van der Waals surface area contributed by atoms with Gasteiger partial charge in [0.05, 0.1) is 4.92 Å². The van der Waals surface area contributed by atoms with Crippen LogP contribution in [-0.4, -0.2) is 11.5 Å². The third-order valence-electron chi connectivity index (χ3n) is 4.42. The Kier molecular flexibility index (Phi) is 4.99. The molecule has 2 rings (SSSR count). The minimum absolute atomic E-state index is 0.196. The summed E-state index contributed by atoms with van der Waals surface area (Å²) in [5.41, 5.74) is 1.76. The maximum absolute atomic E-state index is 10.9. The van der Waals surface area contributed by atoms with Crippen molar-refractivity contribution in [2.45, 2.75) is 46.0 Å². The van der Waals surface area contributed by atoms with Crippen LogP contribution in [-0.2, 0) is 0 Å². The summed E-state index contributed by atoms with van der Waals surface area (Å²) < 4.78 is 0. The van der Waals surface area contributed by atoms with Gasteiger partial charge in [-0.2, -0.15) is 0 Å². The molecule has 0 radical (unpaired) electrons. The number of benzene rings is 1. The van der Waals surface area contributed by atoms with E-state index >= 15 is 0 Å². The number of anilines is 1. The molecule has 1 aliphatic carbocycles. The standard InChI is InChI=1S/C16H24N2O2/c1-12-3-6-14(7-4-12)9-10-17-15-8-5-13(2)16(11-15)18(19)20/h5,8,11-12,14,17H,3-4,6-7,9-10H2,1-2H3. The van der Waals surface area contributed by atoms with Gasteiger partial charge in [-0.3, -0.25) is 10.1 Å². The first-order valence-electron chi connectivity index (χ1n) is 7.55. The zero-order valence-corrected chi connectivity index (χ0v) is 12.4. The Hall–Kier alpha value is -1.58. The molecule has 0 aliphatic heterocycles. The minimum Gasteiger partial charge on any atom is -0.385 e. The van der Waals surface area contributed by atoms with Gasteiger partial charge in [0, 0.05) is 23.9 Å². The SMILES string of the molecule is Cc1ccc(NCCC2CCC(C)CC2)cc1[N+](=O)[O-]. The van der Waals surface area contributed by atoms with Crippen molar-refractivity contribution in [2.75, 3.05) is 11.9 Å². The lowest BCUT2D eigenvalue weighted by Gasteiger charge is -2.26. The molecule has 0 unspecified atom stereocenters. The number of hydrogen-bond acceptors (Lipinski definition) is 3. The highest BCUT2D eigenvalue weighted by Crippen LogP contribution is 2.30. The number of hydrogen-bond donors (Lipinski definition) is 1. The van der Waals surface area contributed by atoms with E-state index in [9.17, 15) is 10.1 Å². The van der Waals surface area contributed by atoms with Gasteiger partial charge in [0.15, 0.2) is 0 Å². The fraction of sp³-hybridized carbons (Fsp3) is 0.625. The van der Waals surface area contributed by atoms with Crippen molar-refractivity contribution in [3.63, 3.8) is 0 Å². The molecular formula is C16H24N2O2. The Morgan fingerprint density at radius 3 is 2.65 bits per heavy atom. The average molecular weight is 276 g/mol. The van der Waals surface area contributed by atoms with Crippen molar-refractivity contribution in [3.05, 3.63) is 33.9 Å². The number of rotatable bonds is 5. The average Bonchev–Trinajstić information content (AvgIpc) is 2.42. The van der Waals surface area contributed by atoms with Crippen LogP contribution in [0.25, 0.3) is 0 Å². The van der Waals surface area contributed by atoms with Crippen LogP contribution in [0.5, 0.6) is 0 Å². The highest BCUT2D eigenvalue weighted by Gasteiger charge is 2.17. The third kappa shape index (κ3) is 3.95. The monoisotopic (exact) mass is 276 g/mol. The Morgan fingerprint density at radius 2 is 2.00 bits per heavy atom. The van der Waals surface area contributed by atoms with Crippen LogP contribution in [0.15, 0.2) is 18.2 Å². The topological polar surface area (TPSA) is 55.2 Å². The van der Waals surface area contributed by atoms with Crippen LogP contribution in [0.2, 0.25) is 0 Å². The van der Waals surface area contributed by atoms with E-state index in [1.165, 1.54) is 25.7 Å². The second kappa shape index (κ2) is 6.73. The summed E-state index contributed by atoms with van der Waals surface area (Å²) in [6.45, 7) is 5.00. The quantitative estimate of drug-likeness (QED) is 0.635. The van der Waals surface area contributed by atoms with Gasteiger partial charge in [-0.1, -0.05) is 38.7 Å². The van der Waals surface area contributed by atoms with Gasteiger partial charge in [-0.05, 0) is 31.2 Å². The molecule has 0 aromatic heterocycles. The van der Waals surface area contributed by atoms with Crippen molar-refractivity contribution in [1.29, 1.82) is 0 Å². The lowest BCUT2D eigenvalue weighted by molar-refractivity contribution is -0.385. The van der Waals surface area contributed by atoms with Gasteiger partial charge >= 0.3 is 0 Å².